The van der Waals surface area contributed by atoms with E-state index in [1.54, 1.807) is 0 Å². The van der Waals surface area contributed by atoms with Gasteiger partial charge in [0.2, 0.25) is 0 Å². The molecule has 0 amide bonds. The average molecular weight is 716 g/mol. The van der Waals surface area contributed by atoms with Crippen molar-refractivity contribution in [3.63, 3.8) is 0 Å². The van der Waals surface area contributed by atoms with E-state index in [1.807, 2.05) is 73.6 Å². The lowest BCUT2D eigenvalue weighted by molar-refractivity contribution is -0.131. The van der Waals surface area contributed by atoms with Gasteiger partial charge in [0, 0.05) is 32.0 Å². The van der Waals surface area contributed by atoms with Crippen molar-refractivity contribution in [2.75, 3.05) is 44.4 Å². The van der Waals surface area contributed by atoms with Crippen LogP contribution in [0.3, 0.4) is 0 Å². The van der Waals surface area contributed by atoms with Crippen molar-refractivity contribution >= 4 is 18.0 Å². The molecule has 10 nitrogen and oxygen atoms in total. The summed E-state index contributed by atoms with van der Waals surface area (Å²) >= 11 is 0. The number of rotatable bonds is 17. The highest BCUT2D eigenvalue weighted by atomic mass is 16.5. The number of hydrogen-bond acceptors (Lipinski definition) is 10. The smallest absolute Gasteiger partial charge is 0.293 e. The molecule has 0 radical (unpaired) electrons. The SMILES string of the molecule is CCC(C)CN(C)CC(O)C(Cc1ccccc1)NC(=C1CCC1)C(CN(C)c1cc(C(C)C)ccn1)OC=O.Cc1ccc(N)cc1.OC#CO. The van der Waals surface area contributed by atoms with Gasteiger partial charge in [-0.1, -0.05) is 82.1 Å². The summed E-state index contributed by atoms with van der Waals surface area (Å²) in [5.41, 5.74) is 12.1. The molecule has 1 aliphatic carbocycles. The molecule has 0 saturated heterocycles. The first-order valence-corrected chi connectivity index (χ1v) is 18.2. The third kappa shape index (κ3) is 15.7. The number of aromatic nitrogens is 1. The van der Waals surface area contributed by atoms with Crippen LogP contribution < -0.4 is 16.0 Å². The van der Waals surface area contributed by atoms with Gasteiger partial charge in [-0.15, -0.1) is 0 Å². The first kappa shape index (κ1) is 43.4. The van der Waals surface area contributed by atoms with Crippen LogP contribution in [0.4, 0.5) is 11.5 Å². The lowest BCUT2D eigenvalue weighted by Gasteiger charge is -2.36. The molecule has 10 heteroatoms. The van der Waals surface area contributed by atoms with Gasteiger partial charge in [-0.3, -0.25) is 4.79 Å². The van der Waals surface area contributed by atoms with E-state index in [9.17, 15) is 9.90 Å². The number of nitrogens with two attached hydrogens (primary N) is 1. The number of nitrogen functional groups attached to an aromatic ring is 1. The minimum atomic E-state index is -0.607. The van der Waals surface area contributed by atoms with Crippen molar-refractivity contribution in [1.29, 1.82) is 0 Å². The number of aliphatic hydroxyl groups is 3. The molecule has 4 unspecified atom stereocenters. The zero-order chi connectivity index (χ0) is 38.5. The number of aliphatic hydroxyl groups excluding tert-OH is 3. The first-order valence-electron chi connectivity index (χ1n) is 18.2. The topological polar surface area (TPSA) is 144 Å². The van der Waals surface area contributed by atoms with Gasteiger partial charge in [0.25, 0.3) is 6.47 Å². The fourth-order valence-corrected chi connectivity index (χ4v) is 5.76. The van der Waals surface area contributed by atoms with Crippen LogP contribution in [0.25, 0.3) is 0 Å². The summed E-state index contributed by atoms with van der Waals surface area (Å²) in [5, 5.41) is 29.8. The fourth-order valence-electron chi connectivity index (χ4n) is 5.76. The number of likely N-dealkylation sites (N-methyl/N-ethyl adjacent to an activating group) is 2. The summed E-state index contributed by atoms with van der Waals surface area (Å²) in [6.07, 6.45) is 8.03. The molecule has 0 bridgehead atoms. The number of allylic oxidation sites excluding steroid dienone is 1. The zero-order valence-electron chi connectivity index (χ0n) is 32.1. The van der Waals surface area contributed by atoms with Crippen molar-refractivity contribution in [1.82, 2.24) is 15.2 Å². The number of nitrogens with zero attached hydrogens (tertiary/aromatic N) is 3. The van der Waals surface area contributed by atoms with E-state index in [1.165, 1.54) is 28.9 Å². The van der Waals surface area contributed by atoms with Crippen LogP contribution in [0.5, 0.6) is 0 Å². The van der Waals surface area contributed by atoms with E-state index in [0.29, 0.717) is 37.8 Å². The molecule has 0 aliphatic heterocycles. The molecular weight excluding hydrogens is 654 g/mol. The van der Waals surface area contributed by atoms with Crippen LogP contribution in [0.1, 0.15) is 76.0 Å². The molecule has 1 saturated carbocycles. The Hall–Kier alpha value is -4.72. The third-order valence-electron chi connectivity index (χ3n) is 9.20. The Bertz CT molecular complexity index is 1500. The van der Waals surface area contributed by atoms with Crippen LogP contribution in [0, 0.1) is 25.1 Å². The first-order chi connectivity index (χ1) is 24.9. The van der Waals surface area contributed by atoms with Gasteiger partial charge < -0.3 is 40.9 Å². The van der Waals surface area contributed by atoms with E-state index in [-0.39, 0.29) is 6.04 Å². The highest BCUT2D eigenvalue weighted by Gasteiger charge is 2.30. The van der Waals surface area contributed by atoms with E-state index in [4.69, 9.17) is 20.7 Å². The summed E-state index contributed by atoms with van der Waals surface area (Å²) in [6, 6.07) is 22.0. The molecule has 4 atom stereocenters. The Balaban J connectivity index is 0.000000661. The second kappa shape index (κ2) is 23.7. The molecule has 1 aliphatic rings. The van der Waals surface area contributed by atoms with Crippen LogP contribution in [0.15, 0.2) is 84.2 Å². The van der Waals surface area contributed by atoms with Gasteiger partial charge in [-0.25, -0.2) is 4.98 Å². The van der Waals surface area contributed by atoms with Crippen LogP contribution in [-0.2, 0) is 16.0 Å². The molecule has 1 fully saturated rings. The maximum Gasteiger partial charge on any atom is 0.293 e. The quantitative estimate of drug-likeness (QED) is 0.0606. The third-order valence-corrected chi connectivity index (χ3v) is 9.20. The van der Waals surface area contributed by atoms with E-state index in [2.05, 4.69) is 68.1 Å². The zero-order valence-corrected chi connectivity index (χ0v) is 32.1. The maximum atomic E-state index is 11.7. The predicted molar refractivity (Wildman–Crippen MR) is 211 cm³/mol. The Labute approximate surface area is 311 Å². The maximum absolute atomic E-state index is 11.7. The summed E-state index contributed by atoms with van der Waals surface area (Å²) in [4.78, 5) is 20.6. The number of carbonyl (C=O) groups excluding carboxylic acids is 1. The highest BCUT2D eigenvalue weighted by molar-refractivity contribution is 5.44. The van der Waals surface area contributed by atoms with Crippen molar-refractivity contribution in [2.24, 2.45) is 5.92 Å². The van der Waals surface area contributed by atoms with Crippen LogP contribution in [0.2, 0.25) is 0 Å². The molecule has 52 heavy (non-hydrogen) atoms. The molecule has 284 valence electrons. The summed E-state index contributed by atoms with van der Waals surface area (Å²) < 4.78 is 5.75. The average Bonchev–Trinajstić information content (AvgIpc) is 3.11. The van der Waals surface area contributed by atoms with Crippen LogP contribution >= 0.6 is 0 Å². The molecule has 4 rings (SSSR count). The Morgan fingerprint density at radius 2 is 1.65 bits per heavy atom. The number of pyridine rings is 1. The number of anilines is 2. The van der Waals surface area contributed by atoms with E-state index in [0.717, 1.165) is 55.0 Å². The van der Waals surface area contributed by atoms with Gasteiger partial charge in [0.15, 0.2) is 18.3 Å². The van der Waals surface area contributed by atoms with Gasteiger partial charge >= 0.3 is 0 Å². The Morgan fingerprint density at radius 3 is 2.17 bits per heavy atom. The number of aryl methyl sites for hydroxylation is 1. The lowest BCUT2D eigenvalue weighted by atomic mass is 9.88. The van der Waals surface area contributed by atoms with Crippen molar-refractivity contribution < 1.29 is 24.9 Å². The lowest BCUT2D eigenvalue weighted by Crippen LogP contribution is -2.50. The van der Waals surface area contributed by atoms with Crippen molar-refractivity contribution in [3.8, 4) is 12.2 Å². The number of benzene rings is 2. The van der Waals surface area contributed by atoms with Crippen LogP contribution in [-0.4, -0.2) is 83.7 Å². The predicted octanol–water partition coefficient (Wildman–Crippen LogP) is 6.39. The molecule has 2 aromatic carbocycles. The number of nitrogens with one attached hydrogen (secondary N) is 1. The Morgan fingerprint density at radius 1 is 1.00 bits per heavy atom. The normalized spacial score (nSPS) is 14.1. The molecule has 1 heterocycles. The standard InChI is InChI=1S/C33H50N4O3.C7H9N.C2H2O2/c1-7-25(4)20-36(5)21-30(39)29(18-26-12-9-8-10-13-26)35-33(27-14-11-15-27)31(40-23-38)22-37(6)32-19-28(24(2)3)16-17-34-32;1-6-2-4-7(8)5-3-6;3-1-2-4/h8-10,12-13,16-17,19,23-25,29-31,35,39H,7,11,14-15,18,20-22H2,1-6H3;2-5H,8H2,1H3;3-4H. The molecule has 0 spiro atoms. The number of ether oxygens (including phenoxy) is 1. The van der Waals surface area contributed by atoms with Gasteiger partial charge in [0.1, 0.15) is 5.82 Å². The van der Waals surface area contributed by atoms with E-state index >= 15 is 0 Å². The number of hydrogen-bond donors (Lipinski definition) is 5. The minimum Gasteiger partial charge on any atom is -0.460 e. The Kier molecular flexibility index (Phi) is 19.8. The monoisotopic (exact) mass is 715 g/mol. The second-order valence-electron chi connectivity index (χ2n) is 14.0. The minimum absolute atomic E-state index is 0.240. The largest absolute Gasteiger partial charge is 0.460 e. The van der Waals surface area contributed by atoms with Crippen molar-refractivity contribution in [2.45, 2.75) is 90.9 Å². The van der Waals surface area contributed by atoms with Gasteiger partial charge in [-0.2, -0.15) is 0 Å². The summed E-state index contributed by atoms with van der Waals surface area (Å²) in [7, 11) is 4.06. The molecule has 1 aromatic heterocycles. The molecular formula is C42H61N5O5. The van der Waals surface area contributed by atoms with Gasteiger partial charge in [0.05, 0.1) is 24.4 Å². The van der Waals surface area contributed by atoms with E-state index < -0.39 is 12.2 Å². The fraction of sp³-hybridized carbons (Fsp3) is 0.476. The summed E-state index contributed by atoms with van der Waals surface area (Å²) in [6.45, 7) is 13.3. The second-order valence-corrected chi connectivity index (χ2v) is 14.0. The van der Waals surface area contributed by atoms with Gasteiger partial charge in [-0.05, 0) is 92.5 Å². The molecule has 6 N–H and O–H groups in total. The summed E-state index contributed by atoms with van der Waals surface area (Å²) in [5.74, 6) is 1.80. The highest BCUT2D eigenvalue weighted by Crippen LogP contribution is 2.31. The molecule has 3 aromatic rings. The number of carbonyl (C=O) groups is 1. The van der Waals surface area contributed by atoms with Crippen molar-refractivity contribution in [3.05, 3.63) is 101 Å².